The highest BCUT2D eigenvalue weighted by Gasteiger charge is 2.07. The van der Waals surface area contributed by atoms with E-state index in [1.165, 1.54) is 11.3 Å². The highest BCUT2D eigenvalue weighted by molar-refractivity contribution is 5.18. The van der Waals surface area contributed by atoms with Gasteiger partial charge in [-0.15, -0.1) is 0 Å². The summed E-state index contributed by atoms with van der Waals surface area (Å²) in [4.78, 5) is 0. The molecule has 3 nitrogen and oxygen atoms in total. The molecule has 1 N–H and O–H groups in total. The summed E-state index contributed by atoms with van der Waals surface area (Å²) in [6.45, 7) is 8.12. The van der Waals surface area contributed by atoms with Gasteiger partial charge in [-0.1, -0.05) is 30.3 Å². The van der Waals surface area contributed by atoms with Gasteiger partial charge in [0.25, 0.3) is 0 Å². The smallest absolute Gasteiger partial charge is 0.0597 e. The van der Waals surface area contributed by atoms with Gasteiger partial charge in [0.05, 0.1) is 11.4 Å². The Morgan fingerprint density at radius 2 is 2.00 bits per heavy atom. The Hall–Kier alpha value is -1.61. The standard InChI is InChI=1S/C15H21N3/c1-4-18-15(10-12(2)17-18)11-16-13(3)14-8-6-5-7-9-14/h5-10,13,16H,4,11H2,1-3H3. The van der Waals surface area contributed by atoms with Crippen LogP contribution in [-0.2, 0) is 13.1 Å². The monoisotopic (exact) mass is 243 g/mol. The predicted molar refractivity (Wildman–Crippen MR) is 74.3 cm³/mol. The molecule has 0 spiro atoms. The zero-order valence-electron chi connectivity index (χ0n) is 11.4. The summed E-state index contributed by atoms with van der Waals surface area (Å²) in [5.74, 6) is 0. The lowest BCUT2D eigenvalue weighted by Gasteiger charge is -2.14. The van der Waals surface area contributed by atoms with E-state index in [1.54, 1.807) is 0 Å². The fourth-order valence-corrected chi connectivity index (χ4v) is 2.13. The second-order valence-electron chi connectivity index (χ2n) is 4.61. The number of hydrogen-bond acceptors (Lipinski definition) is 2. The van der Waals surface area contributed by atoms with E-state index in [0.29, 0.717) is 6.04 Å². The lowest BCUT2D eigenvalue weighted by Crippen LogP contribution is -2.20. The molecule has 0 saturated heterocycles. The average molecular weight is 243 g/mol. The van der Waals surface area contributed by atoms with Crippen molar-refractivity contribution in [2.24, 2.45) is 0 Å². The van der Waals surface area contributed by atoms with Crippen LogP contribution in [0.25, 0.3) is 0 Å². The van der Waals surface area contributed by atoms with Crippen LogP contribution in [0, 0.1) is 6.92 Å². The average Bonchev–Trinajstić information content (AvgIpc) is 2.77. The number of aryl methyl sites for hydroxylation is 2. The molecule has 0 aliphatic rings. The highest BCUT2D eigenvalue weighted by atomic mass is 15.3. The molecule has 0 aliphatic heterocycles. The summed E-state index contributed by atoms with van der Waals surface area (Å²) >= 11 is 0. The van der Waals surface area contributed by atoms with Crippen LogP contribution >= 0.6 is 0 Å². The Balaban J connectivity index is 1.99. The number of nitrogens with one attached hydrogen (secondary N) is 1. The lowest BCUT2D eigenvalue weighted by molar-refractivity contribution is 0.531. The van der Waals surface area contributed by atoms with Gasteiger partial charge in [0.2, 0.25) is 0 Å². The zero-order valence-corrected chi connectivity index (χ0v) is 11.4. The summed E-state index contributed by atoms with van der Waals surface area (Å²) in [7, 11) is 0. The predicted octanol–water partition coefficient (Wildman–Crippen LogP) is 3.06. The maximum absolute atomic E-state index is 4.46. The third kappa shape index (κ3) is 2.99. The van der Waals surface area contributed by atoms with Crippen LogP contribution in [0.4, 0.5) is 0 Å². The summed E-state index contributed by atoms with van der Waals surface area (Å²) in [5, 5.41) is 8.00. The summed E-state index contributed by atoms with van der Waals surface area (Å²) in [5.41, 5.74) is 3.65. The molecule has 0 fully saturated rings. The third-order valence-electron chi connectivity index (χ3n) is 3.17. The van der Waals surface area contributed by atoms with Crippen LogP contribution in [0.1, 0.15) is 36.8 Å². The number of rotatable bonds is 5. The van der Waals surface area contributed by atoms with Crippen LogP contribution < -0.4 is 5.32 Å². The Morgan fingerprint density at radius 3 is 2.67 bits per heavy atom. The first-order valence-electron chi connectivity index (χ1n) is 6.52. The second kappa shape index (κ2) is 5.83. The molecule has 1 aromatic carbocycles. The van der Waals surface area contributed by atoms with Crippen LogP contribution in [0.3, 0.4) is 0 Å². The molecule has 3 heteroatoms. The lowest BCUT2D eigenvalue weighted by atomic mass is 10.1. The molecular weight excluding hydrogens is 222 g/mol. The first kappa shape index (κ1) is 12.8. The third-order valence-corrected chi connectivity index (χ3v) is 3.17. The van der Waals surface area contributed by atoms with Crippen molar-refractivity contribution in [1.29, 1.82) is 0 Å². The Labute approximate surface area is 109 Å². The van der Waals surface area contributed by atoms with Gasteiger partial charge in [0.1, 0.15) is 0 Å². The van der Waals surface area contributed by atoms with E-state index in [-0.39, 0.29) is 0 Å². The molecule has 0 radical (unpaired) electrons. The molecule has 2 rings (SSSR count). The summed E-state index contributed by atoms with van der Waals surface area (Å²) in [6.07, 6.45) is 0. The van der Waals surface area contributed by atoms with Gasteiger partial charge < -0.3 is 5.32 Å². The maximum atomic E-state index is 4.46. The summed E-state index contributed by atoms with van der Waals surface area (Å²) in [6, 6.07) is 13.0. The minimum absolute atomic E-state index is 0.353. The highest BCUT2D eigenvalue weighted by Crippen LogP contribution is 2.12. The molecule has 1 unspecified atom stereocenters. The molecule has 1 heterocycles. The fraction of sp³-hybridized carbons (Fsp3) is 0.400. The van der Waals surface area contributed by atoms with Crippen molar-refractivity contribution in [3.63, 3.8) is 0 Å². The minimum atomic E-state index is 0.353. The van der Waals surface area contributed by atoms with E-state index in [4.69, 9.17) is 0 Å². The SMILES string of the molecule is CCn1nc(C)cc1CNC(C)c1ccccc1. The van der Waals surface area contributed by atoms with Gasteiger partial charge in [0.15, 0.2) is 0 Å². The van der Waals surface area contributed by atoms with Crippen molar-refractivity contribution in [2.75, 3.05) is 0 Å². The molecule has 96 valence electrons. The number of aromatic nitrogens is 2. The quantitative estimate of drug-likeness (QED) is 0.874. The van der Waals surface area contributed by atoms with E-state index < -0.39 is 0 Å². The molecule has 0 amide bonds. The van der Waals surface area contributed by atoms with Gasteiger partial charge in [-0.25, -0.2) is 0 Å². The normalized spacial score (nSPS) is 12.6. The van der Waals surface area contributed by atoms with Crippen molar-refractivity contribution >= 4 is 0 Å². The first-order valence-corrected chi connectivity index (χ1v) is 6.52. The van der Waals surface area contributed by atoms with Gasteiger partial charge >= 0.3 is 0 Å². The first-order chi connectivity index (χ1) is 8.70. The molecule has 2 aromatic rings. The molecule has 0 aliphatic carbocycles. The summed E-state index contributed by atoms with van der Waals surface area (Å²) < 4.78 is 2.06. The number of hydrogen-bond donors (Lipinski definition) is 1. The fourth-order valence-electron chi connectivity index (χ4n) is 2.13. The van der Waals surface area contributed by atoms with Gasteiger partial charge in [-0.05, 0) is 32.4 Å². The van der Waals surface area contributed by atoms with E-state index in [0.717, 1.165) is 18.8 Å². The van der Waals surface area contributed by atoms with Crippen LogP contribution in [0.5, 0.6) is 0 Å². The molecular formula is C15H21N3. The van der Waals surface area contributed by atoms with Gasteiger partial charge in [-0.3, -0.25) is 4.68 Å². The number of nitrogens with zero attached hydrogens (tertiary/aromatic N) is 2. The van der Waals surface area contributed by atoms with E-state index in [9.17, 15) is 0 Å². The van der Waals surface area contributed by atoms with Gasteiger partial charge in [0, 0.05) is 19.1 Å². The van der Waals surface area contributed by atoms with E-state index in [2.05, 4.69) is 59.3 Å². The molecule has 0 bridgehead atoms. The molecule has 18 heavy (non-hydrogen) atoms. The molecule has 1 atom stereocenters. The van der Waals surface area contributed by atoms with E-state index >= 15 is 0 Å². The Kier molecular flexibility index (Phi) is 4.15. The van der Waals surface area contributed by atoms with Crippen molar-refractivity contribution in [2.45, 2.75) is 39.9 Å². The molecule has 0 saturated carbocycles. The number of benzene rings is 1. The maximum Gasteiger partial charge on any atom is 0.0597 e. The van der Waals surface area contributed by atoms with Crippen LogP contribution in [-0.4, -0.2) is 9.78 Å². The largest absolute Gasteiger partial charge is 0.305 e. The van der Waals surface area contributed by atoms with Crippen LogP contribution in [0.15, 0.2) is 36.4 Å². The minimum Gasteiger partial charge on any atom is -0.305 e. The van der Waals surface area contributed by atoms with Crippen molar-refractivity contribution in [3.05, 3.63) is 53.3 Å². The Morgan fingerprint density at radius 1 is 1.28 bits per heavy atom. The van der Waals surface area contributed by atoms with Crippen LogP contribution in [0.2, 0.25) is 0 Å². The van der Waals surface area contributed by atoms with Gasteiger partial charge in [-0.2, -0.15) is 5.10 Å². The van der Waals surface area contributed by atoms with E-state index in [1.807, 2.05) is 13.0 Å². The van der Waals surface area contributed by atoms with Crippen molar-refractivity contribution in [1.82, 2.24) is 15.1 Å². The second-order valence-corrected chi connectivity index (χ2v) is 4.61. The Bertz CT molecular complexity index is 488. The zero-order chi connectivity index (χ0) is 13.0. The molecule has 1 aromatic heterocycles. The van der Waals surface area contributed by atoms with Crippen molar-refractivity contribution in [3.8, 4) is 0 Å². The topological polar surface area (TPSA) is 29.9 Å². The van der Waals surface area contributed by atoms with Crippen molar-refractivity contribution < 1.29 is 0 Å².